The van der Waals surface area contributed by atoms with E-state index in [1.54, 1.807) is 0 Å². The van der Waals surface area contributed by atoms with Crippen molar-refractivity contribution >= 4 is 11.9 Å². The molecule has 7 heteroatoms. The highest BCUT2D eigenvalue weighted by atomic mass is 16.5. The van der Waals surface area contributed by atoms with Gasteiger partial charge in [0.05, 0.1) is 11.0 Å². The lowest BCUT2D eigenvalue weighted by atomic mass is 9.80. The third-order valence-electron chi connectivity index (χ3n) is 3.45. The van der Waals surface area contributed by atoms with E-state index >= 15 is 0 Å². The molecule has 2 N–H and O–H groups in total. The smallest absolute Gasteiger partial charge is 0.335 e. The van der Waals surface area contributed by atoms with Crippen LogP contribution in [0.1, 0.15) is 23.2 Å². The number of carbonyl (C=O) groups excluding carboxylic acids is 1. The van der Waals surface area contributed by atoms with Crippen molar-refractivity contribution in [2.45, 2.75) is 12.8 Å². The Labute approximate surface area is 114 Å². The molecule has 108 valence electrons. The molecule has 0 unspecified atom stereocenters. The average Bonchev–Trinajstić information content (AvgIpc) is 2.46. The molecule has 1 saturated heterocycles. The Morgan fingerprint density at radius 3 is 2.55 bits per heavy atom. The zero-order valence-electron chi connectivity index (χ0n) is 10.8. The molecule has 0 aliphatic carbocycles. The molecule has 1 aromatic rings. The van der Waals surface area contributed by atoms with Crippen LogP contribution >= 0.6 is 0 Å². The Morgan fingerprint density at radius 1 is 1.30 bits per heavy atom. The van der Waals surface area contributed by atoms with Crippen molar-refractivity contribution in [1.29, 1.82) is 0 Å². The largest absolute Gasteiger partial charge is 0.481 e. The molecule has 0 saturated carbocycles. The number of carboxylic acid groups (broad SMARTS) is 1. The van der Waals surface area contributed by atoms with E-state index in [9.17, 15) is 19.5 Å². The van der Waals surface area contributed by atoms with Gasteiger partial charge in [0.1, 0.15) is 6.26 Å². The lowest BCUT2D eigenvalue weighted by Gasteiger charge is -2.33. The van der Waals surface area contributed by atoms with Gasteiger partial charge in [-0.15, -0.1) is 0 Å². The van der Waals surface area contributed by atoms with Gasteiger partial charge in [0, 0.05) is 25.8 Å². The SMILES string of the molecule is O=C(NCC1(C(=O)O)CCOCC1)c1ccc(=O)oc1. The van der Waals surface area contributed by atoms with Crippen LogP contribution in [0.3, 0.4) is 0 Å². The zero-order valence-corrected chi connectivity index (χ0v) is 10.8. The highest BCUT2D eigenvalue weighted by molar-refractivity contribution is 5.94. The summed E-state index contributed by atoms with van der Waals surface area (Å²) in [5, 5.41) is 11.9. The van der Waals surface area contributed by atoms with Gasteiger partial charge in [-0.3, -0.25) is 9.59 Å². The van der Waals surface area contributed by atoms with E-state index in [0.717, 1.165) is 12.3 Å². The molecule has 1 aliphatic heterocycles. The summed E-state index contributed by atoms with van der Waals surface area (Å²) >= 11 is 0. The van der Waals surface area contributed by atoms with Gasteiger partial charge in [-0.2, -0.15) is 0 Å². The van der Waals surface area contributed by atoms with Crippen LogP contribution < -0.4 is 10.9 Å². The quantitative estimate of drug-likeness (QED) is 0.819. The molecule has 0 radical (unpaired) electrons. The van der Waals surface area contributed by atoms with Gasteiger partial charge in [0.15, 0.2) is 0 Å². The molecule has 20 heavy (non-hydrogen) atoms. The second-order valence-electron chi connectivity index (χ2n) is 4.72. The highest BCUT2D eigenvalue weighted by Crippen LogP contribution is 2.30. The monoisotopic (exact) mass is 281 g/mol. The van der Waals surface area contributed by atoms with Gasteiger partial charge in [-0.25, -0.2) is 4.79 Å². The normalized spacial score (nSPS) is 17.4. The lowest BCUT2D eigenvalue weighted by Crippen LogP contribution is -2.46. The number of nitrogens with one attached hydrogen (secondary N) is 1. The average molecular weight is 281 g/mol. The van der Waals surface area contributed by atoms with Crippen molar-refractivity contribution in [2.24, 2.45) is 5.41 Å². The lowest BCUT2D eigenvalue weighted by molar-refractivity contribution is -0.154. The number of carbonyl (C=O) groups is 2. The molecule has 7 nitrogen and oxygen atoms in total. The summed E-state index contributed by atoms with van der Waals surface area (Å²) in [7, 11) is 0. The van der Waals surface area contributed by atoms with Crippen LogP contribution in [0.15, 0.2) is 27.6 Å². The Balaban J connectivity index is 2.02. The van der Waals surface area contributed by atoms with E-state index in [1.807, 2.05) is 0 Å². The van der Waals surface area contributed by atoms with Crippen LogP contribution in [0.2, 0.25) is 0 Å². The minimum Gasteiger partial charge on any atom is -0.481 e. The first kappa shape index (κ1) is 14.3. The standard InChI is InChI=1S/C13H15NO6/c15-10-2-1-9(7-20-10)11(16)14-8-13(12(17)18)3-5-19-6-4-13/h1-2,7H,3-6,8H2,(H,14,16)(H,17,18). The summed E-state index contributed by atoms with van der Waals surface area (Å²) in [5.74, 6) is -1.42. The fourth-order valence-electron chi connectivity index (χ4n) is 2.07. The highest BCUT2D eigenvalue weighted by Gasteiger charge is 2.40. The van der Waals surface area contributed by atoms with Crippen LogP contribution in [0.4, 0.5) is 0 Å². The van der Waals surface area contributed by atoms with E-state index < -0.39 is 22.9 Å². The molecule has 2 heterocycles. The molecule has 0 aromatic carbocycles. The number of aliphatic carboxylic acids is 1. The van der Waals surface area contributed by atoms with Crippen LogP contribution in [-0.4, -0.2) is 36.7 Å². The third kappa shape index (κ3) is 3.05. The minimum absolute atomic E-state index is 0.0175. The molecular weight excluding hydrogens is 266 g/mol. The van der Waals surface area contributed by atoms with Gasteiger partial charge in [0.25, 0.3) is 5.91 Å². The fourth-order valence-corrected chi connectivity index (χ4v) is 2.07. The maximum Gasteiger partial charge on any atom is 0.335 e. The van der Waals surface area contributed by atoms with Crippen LogP contribution in [0.25, 0.3) is 0 Å². The summed E-state index contributed by atoms with van der Waals surface area (Å²) in [4.78, 5) is 34.1. The van der Waals surface area contributed by atoms with Crippen molar-refractivity contribution in [3.63, 3.8) is 0 Å². The van der Waals surface area contributed by atoms with Gasteiger partial charge in [0.2, 0.25) is 0 Å². The number of hydrogen-bond acceptors (Lipinski definition) is 5. The number of amides is 1. The van der Waals surface area contributed by atoms with E-state index in [-0.39, 0.29) is 12.1 Å². The maximum absolute atomic E-state index is 11.9. The summed E-state index contributed by atoms with van der Waals surface area (Å²) in [5.41, 5.74) is -1.37. The van der Waals surface area contributed by atoms with Crippen LogP contribution in [-0.2, 0) is 9.53 Å². The Kier molecular flexibility index (Phi) is 4.19. The van der Waals surface area contributed by atoms with Crippen molar-refractivity contribution in [3.05, 3.63) is 34.4 Å². The molecule has 0 atom stereocenters. The van der Waals surface area contributed by atoms with Crippen LogP contribution in [0.5, 0.6) is 0 Å². The zero-order chi connectivity index (χ0) is 14.6. The minimum atomic E-state index is -0.997. The predicted octanol–water partition coefficient (Wildman–Crippen LogP) is 0.251. The maximum atomic E-state index is 11.9. The molecule has 1 aromatic heterocycles. The number of rotatable bonds is 4. The first-order valence-electron chi connectivity index (χ1n) is 6.22. The van der Waals surface area contributed by atoms with E-state index in [1.165, 1.54) is 6.07 Å². The van der Waals surface area contributed by atoms with Gasteiger partial charge < -0.3 is 19.6 Å². The van der Waals surface area contributed by atoms with Crippen molar-refractivity contribution < 1.29 is 23.8 Å². The molecule has 0 spiro atoms. The van der Waals surface area contributed by atoms with E-state index in [0.29, 0.717) is 26.1 Å². The Morgan fingerprint density at radius 2 is 2.00 bits per heavy atom. The van der Waals surface area contributed by atoms with E-state index in [4.69, 9.17) is 4.74 Å². The summed E-state index contributed by atoms with van der Waals surface area (Å²) in [6.07, 6.45) is 1.76. The summed E-state index contributed by atoms with van der Waals surface area (Å²) in [6, 6.07) is 2.47. The first-order valence-corrected chi connectivity index (χ1v) is 6.22. The Bertz CT molecular complexity index is 538. The predicted molar refractivity (Wildman–Crippen MR) is 67.4 cm³/mol. The number of carboxylic acids is 1. The molecule has 0 bridgehead atoms. The topological polar surface area (TPSA) is 106 Å². The number of ether oxygens (including phenoxy) is 1. The van der Waals surface area contributed by atoms with Gasteiger partial charge in [-0.05, 0) is 18.9 Å². The summed E-state index contributed by atoms with van der Waals surface area (Å²) in [6.45, 7) is 0.744. The molecular formula is C13H15NO6. The van der Waals surface area contributed by atoms with Crippen molar-refractivity contribution in [1.82, 2.24) is 5.32 Å². The fraction of sp³-hybridized carbons (Fsp3) is 0.462. The van der Waals surface area contributed by atoms with Crippen LogP contribution in [0, 0.1) is 5.41 Å². The van der Waals surface area contributed by atoms with Crippen molar-refractivity contribution in [3.8, 4) is 0 Å². The molecule has 1 fully saturated rings. The number of hydrogen-bond donors (Lipinski definition) is 2. The summed E-state index contributed by atoms with van der Waals surface area (Å²) < 4.78 is 9.74. The second kappa shape index (κ2) is 5.87. The Hall–Kier alpha value is -2.15. The van der Waals surface area contributed by atoms with Gasteiger partial charge >= 0.3 is 11.6 Å². The second-order valence-corrected chi connectivity index (χ2v) is 4.72. The molecule has 1 aliphatic rings. The molecule has 1 amide bonds. The first-order chi connectivity index (χ1) is 9.53. The van der Waals surface area contributed by atoms with E-state index in [2.05, 4.69) is 9.73 Å². The van der Waals surface area contributed by atoms with Gasteiger partial charge in [-0.1, -0.05) is 0 Å². The molecule has 2 rings (SSSR count). The van der Waals surface area contributed by atoms with Crippen molar-refractivity contribution in [2.75, 3.05) is 19.8 Å². The third-order valence-corrected chi connectivity index (χ3v) is 3.45.